The number of amides is 1. The summed E-state index contributed by atoms with van der Waals surface area (Å²) < 4.78 is 0. The molecule has 94 valence electrons. The quantitative estimate of drug-likeness (QED) is 0.885. The number of likely N-dealkylation sites (tertiary alicyclic amines) is 1. The third-order valence-corrected chi connectivity index (χ3v) is 4.31. The van der Waals surface area contributed by atoms with Crippen LogP contribution in [0.2, 0.25) is 0 Å². The van der Waals surface area contributed by atoms with Gasteiger partial charge in [-0.25, -0.2) is 0 Å². The van der Waals surface area contributed by atoms with E-state index in [-0.39, 0.29) is 5.91 Å². The SMILES string of the molecule is O=C1CC(CBr)CN1Cc1ccc2cn[nH]c2c1. The third-order valence-electron chi connectivity index (χ3n) is 3.39. The summed E-state index contributed by atoms with van der Waals surface area (Å²) in [7, 11) is 0. The van der Waals surface area contributed by atoms with Gasteiger partial charge in [0.1, 0.15) is 0 Å². The van der Waals surface area contributed by atoms with E-state index in [4.69, 9.17) is 0 Å². The Hall–Kier alpha value is -1.36. The van der Waals surface area contributed by atoms with Gasteiger partial charge in [-0.05, 0) is 17.5 Å². The molecule has 0 aliphatic carbocycles. The second kappa shape index (κ2) is 4.72. The molecule has 0 saturated carbocycles. The first-order valence-electron chi connectivity index (χ1n) is 6.02. The molecule has 0 spiro atoms. The molecule has 1 fully saturated rings. The van der Waals surface area contributed by atoms with Gasteiger partial charge >= 0.3 is 0 Å². The molecule has 1 amide bonds. The van der Waals surface area contributed by atoms with E-state index in [9.17, 15) is 4.79 Å². The number of hydrogen-bond donors (Lipinski definition) is 1. The molecule has 1 aromatic carbocycles. The number of fused-ring (bicyclic) bond motifs is 1. The lowest BCUT2D eigenvalue weighted by Crippen LogP contribution is -2.24. The lowest BCUT2D eigenvalue weighted by atomic mass is 10.1. The van der Waals surface area contributed by atoms with Crippen molar-refractivity contribution in [3.63, 3.8) is 0 Å². The van der Waals surface area contributed by atoms with E-state index in [1.165, 1.54) is 0 Å². The fraction of sp³-hybridized carbons (Fsp3) is 0.385. The van der Waals surface area contributed by atoms with Crippen LogP contribution in [0.3, 0.4) is 0 Å². The van der Waals surface area contributed by atoms with Crippen molar-refractivity contribution in [3.05, 3.63) is 30.0 Å². The van der Waals surface area contributed by atoms with Crippen molar-refractivity contribution in [2.75, 3.05) is 11.9 Å². The first kappa shape index (κ1) is 11.7. The molecule has 1 unspecified atom stereocenters. The van der Waals surface area contributed by atoms with Crippen LogP contribution < -0.4 is 0 Å². The average molecular weight is 308 g/mol. The molecule has 2 aromatic rings. The van der Waals surface area contributed by atoms with E-state index in [0.717, 1.165) is 28.3 Å². The molecule has 3 rings (SSSR count). The number of rotatable bonds is 3. The van der Waals surface area contributed by atoms with Gasteiger partial charge in [0.15, 0.2) is 0 Å². The largest absolute Gasteiger partial charge is 0.338 e. The second-order valence-electron chi connectivity index (χ2n) is 4.79. The maximum atomic E-state index is 11.8. The predicted octanol–water partition coefficient (Wildman–Crippen LogP) is 2.31. The van der Waals surface area contributed by atoms with Crippen molar-refractivity contribution in [2.24, 2.45) is 5.92 Å². The van der Waals surface area contributed by atoms with Gasteiger partial charge in [-0.15, -0.1) is 0 Å². The minimum atomic E-state index is 0.254. The molecule has 1 aromatic heterocycles. The van der Waals surface area contributed by atoms with Gasteiger partial charge in [0, 0.05) is 30.2 Å². The predicted molar refractivity (Wildman–Crippen MR) is 73.4 cm³/mol. The Morgan fingerprint density at radius 1 is 1.50 bits per heavy atom. The lowest BCUT2D eigenvalue weighted by Gasteiger charge is -2.16. The summed E-state index contributed by atoms with van der Waals surface area (Å²) in [6.45, 7) is 1.54. The standard InChI is InChI=1S/C13H14BrN3O/c14-5-10-4-13(18)17(8-10)7-9-1-2-11-6-15-16-12(11)3-9/h1-3,6,10H,4-5,7-8H2,(H,15,16). The number of aromatic nitrogens is 2. The van der Waals surface area contributed by atoms with Crippen LogP contribution in [0.4, 0.5) is 0 Å². The highest BCUT2D eigenvalue weighted by molar-refractivity contribution is 9.09. The fourth-order valence-corrected chi connectivity index (χ4v) is 2.85. The number of hydrogen-bond acceptors (Lipinski definition) is 2. The summed E-state index contributed by atoms with van der Waals surface area (Å²) in [5, 5.41) is 8.96. The zero-order valence-corrected chi connectivity index (χ0v) is 11.5. The van der Waals surface area contributed by atoms with E-state index in [2.05, 4.69) is 38.3 Å². The van der Waals surface area contributed by atoms with Crippen LogP contribution in [0.1, 0.15) is 12.0 Å². The monoisotopic (exact) mass is 307 g/mol. The number of nitrogens with zero attached hydrogens (tertiary/aromatic N) is 2. The first-order chi connectivity index (χ1) is 8.76. The van der Waals surface area contributed by atoms with E-state index in [0.29, 0.717) is 18.9 Å². The Labute approximate surface area is 113 Å². The highest BCUT2D eigenvalue weighted by Gasteiger charge is 2.28. The minimum Gasteiger partial charge on any atom is -0.338 e. The highest BCUT2D eigenvalue weighted by Crippen LogP contribution is 2.22. The molecule has 0 radical (unpaired) electrons. The molecular weight excluding hydrogens is 294 g/mol. The van der Waals surface area contributed by atoms with Crippen LogP contribution in [-0.2, 0) is 11.3 Å². The number of nitrogens with one attached hydrogen (secondary N) is 1. The minimum absolute atomic E-state index is 0.254. The molecule has 4 nitrogen and oxygen atoms in total. The molecule has 5 heteroatoms. The lowest BCUT2D eigenvalue weighted by molar-refractivity contribution is -0.128. The number of H-pyrrole nitrogens is 1. The number of benzene rings is 1. The van der Waals surface area contributed by atoms with Crippen molar-refractivity contribution >= 4 is 32.7 Å². The van der Waals surface area contributed by atoms with Crippen LogP contribution in [0, 0.1) is 5.92 Å². The molecule has 1 atom stereocenters. The average Bonchev–Trinajstić information content (AvgIpc) is 2.96. The summed E-state index contributed by atoms with van der Waals surface area (Å²) in [6, 6.07) is 6.17. The number of aromatic amines is 1. The van der Waals surface area contributed by atoms with Crippen molar-refractivity contribution in [3.8, 4) is 0 Å². The van der Waals surface area contributed by atoms with Crippen LogP contribution in [0.15, 0.2) is 24.4 Å². The zero-order valence-electron chi connectivity index (χ0n) is 9.90. The van der Waals surface area contributed by atoms with Crippen LogP contribution in [-0.4, -0.2) is 32.9 Å². The molecule has 1 aliphatic heterocycles. The highest BCUT2D eigenvalue weighted by atomic mass is 79.9. The molecule has 2 heterocycles. The van der Waals surface area contributed by atoms with Gasteiger partial charge in [-0.2, -0.15) is 5.10 Å². The van der Waals surface area contributed by atoms with Gasteiger partial charge in [0.25, 0.3) is 0 Å². The summed E-state index contributed by atoms with van der Waals surface area (Å²) in [6.07, 6.45) is 2.47. The van der Waals surface area contributed by atoms with Crippen LogP contribution in [0.5, 0.6) is 0 Å². The van der Waals surface area contributed by atoms with Crippen molar-refractivity contribution in [1.82, 2.24) is 15.1 Å². The maximum Gasteiger partial charge on any atom is 0.223 e. The van der Waals surface area contributed by atoms with Gasteiger partial charge in [-0.1, -0.05) is 28.1 Å². The van der Waals surface area contributed by atoms with Gasteiger partial charge in [-0.3, -0.25) is 9.89 Å². The van der Waals surface area contributed by atoms with E-state index in [1.54, 1.807) is 6.20 Å². The summed E-state index contributed by atoms with van der Waals surface area (Å²) in [5.41, 5.74) is 2.17. The second-order valence-corrected chi connectivity index (χ2v) is 5.44. The van der Waals surface area contributed by atoms with Gasteiger partial charge in [0.05, 0.1) is 11.7 Å². The maximum absolute atomic E-state index is 11.8. The molecule has 18 heavy (non-hydrogen) atoms. The van der Waals surface area contributed by atoms with E-state index >= 15 is 0 Å². The smallest absolute Gasteiger partial charge is 0.223 e. The molecule has 1 aliphatic rings. The van der Waals surface area contributed by atoms with Crippen LogP contribution >= 0.6 is 15.9 Å². The first-order valence-corrected chi connectivity index (χ1v) is 7.14. The molecule has 1 N–H and O–H groups in total. The van der Waals surface area contributed by atoms with E-state index in [1.807, 2.05) is 11.0 Å². The Bertz CT molecular complexity index is 580. The topological polar surface area (TPSA) is 49.0 Å². The van der Waals surface area contributed by atoms with Crippen molar-refractivity contribution < 1.29 is 4.79 Å². The number of carbonyl (C=O) groups excluding carboxylic acids is 1. The molecular formula is C13H14BrN3O. The summed E-state index contributed by atoms with van der Waals surface area (Å²) >= 11 is 3.45. The number of halogens is 1. The van der Waals surface area contributed by atoms with Gasteiger partial charge < -0.3 is 4.90 Å². The molecule has 1 saturated heterocycles. The summed E-state index contributed by atoms with van der Waals surface area (Å²) in [5.74, 6) is 0.706. The van der Waals surface area contributed by atoms with Gasteiger partial charge in [0.2, 0.25) is 5.91 Å². The fourth-order valence-electron chi connectivity index (χ4n) is 2.41. The van der Waals surface area contributed by atoms with Crippen molar-refractivity contribution in [2.45, 2.75) is 13.0 Å². The Kier molecular flexibility index (Phi) is 3.07. The number of carbonyl (C=O) groups is 1. The Balaban J connectivity index is 1.77. The normalized spacial score (nSPS) is 19.9. The molecule has 0 bridgehead atoms. The van der Waals surface area contributed by atoms with Crippen LogP contribution in [0.25, 0.3) is 10.9 Å². The Morgan fingerprint density at radius 2 is 2.39 bits per heavy atom. The third kappa shape index (κ3) is 2.14. The number of alkyl halides is 1. The zero-order chi connectivity index (χ0) is 12.5. The van der Waals surface area contributed by atoms with E-state index < -0.39 is 0 Å². The summed E-state index contributed by atoms with van der Waals surface area (Å²) in [4.78, 5) is 13.8. The Morgan fingerprint density at radius 3 is 3.17 bits per heavy atom. The van der Waals surface area contributed by atoms with Crippen molar-refractivity contribution in [1.29, 1.82) is 0 Å².